The summed E-state index contributed by atoms with van der Waals surface area (Å²) < 4.78 is 0. The maximum absolute atomic E-state index is 10.00. The maximum Gasteiger partial charge on any atom is 1.00 e. The predicted molar refractivity (Wildman–Crippen MR) is 42.1 cm³/mol. The van der Waals surface area contributed by atoms with Crippen LogP contribution in [0.1, 0.15) is 5.56 Å². The van der Waals surface area contributed by atoms with Crippen molar-refractivity contribution in [2.75, 3.05) is 0 Å². The fraction of sp³-hybridized carbons (Fsp3) is 0. The molecule has 0 aliphatic rings. The van der Waals surface area contributed by atoms with Crippen molar-refractivity contribution < 1.29 is 44.6 Å². The van der Waals surface area contributed by atoms with Gasteiger partial charge < -0.3 is 15.0 Å². The Labute approximate surface area is 98.0 Å². The van der Waals surface area contributed by atoms with Crippen LogP contribution in [0.2, 0.25) is 0 Å². The molecule has 62 valence electrons. The molecule has 0 aliphatic carbocycles. The molecule has 0 bridgehead atoms. The Hall–Kier alpha value is -0.770. The Kier molecular flexibility index (Phi) is 5.46. The number of benzene rings is 1. The van der Waals surface area contributed by atoms with Crippen LogP contribution in [0.15, 0.2) is 30.3 Å². The zero-order valence-corrected chi connectivity index (χ0v) is 9.23. The summed E-state index contributed by atoms with van der Waals surface area (Å²) in [7, 11) is 0. The summed E-state index contributed by atoms with van der Waals surface area (Å²) in [4.78, 5) is 10.00. The second-order valence-corrected chi connectivity index (χ2v) is 2.25. The van der Waals surface area contributed by atoms with E-state index < -0.39 is 5.97 Å². The van der Waals surface area contributed by atoms with Crippen LogP contribution >= 0.6 is 0 Å². The number of carboxylic acids is 1. The van der Waals surface area contributed by atoms with Crippen molar-refractivity contribution in [1.82, 2.24) is 0 Å². The van der Waals surface area contributed by atoms with Crippen LogP contribution in [-0.4, -0.2) is 11.1 Å². The van der Waals surface area contributed by atoms with Crippen LogP contribution < -0.4 is 34.7 Å². The Morgan fingerprint density at radius 2 is 2.15 bits per heavy atom. The minimum Gasteiger partial charge on any atom is -0.545 e. The number of phenols is 1. The van der Waals surface area contributed by atoms with E-state index in [4.69, 9.17) is 5.11 Å². The molecule has 0 radical (unpaired) electrons. The fourth-order valence-electron chi connectivity index (χ4n) is 0.793. The van der Waals surface area contributed by atoms with Gasteiger partial charge in [0.2, 0.25) is 0 Å². The van der Waals surface area contributed by atoms with E-state index in [0.29, 0.717) is 5.56 Å². The zero-order valence-electron chi connectivity index (χ0n) is 7.23. The van der Waals surface area contributed by atoms with Crippen LogP contribution in [-0.2, 0) is 4.79 Å². The molecule has 0 saturated heterocycles. The van der Waals surface area contributed by atoms with E-state index in [1.54, 1.807) is 12.1 Å². The normalized spacial score (nSPS) is 9.54. The summed E-state index contributed by atoms with van der Waals surface area (Å²) in [6.45, 7) is 0. The molecule has 0 unspecified atom stereocenters. The number of carbonyl (C=O) groups is 1. The van der Waals surface area contributed by atoms with E-state index >= 15 is 0 Å². The first kappa shape index (κ1) is 12.2. The minimum absolute atomic E-state index is 0. The molecule has 0 saturated carbocycles. The van der Waals surface area contributed by atoms with Gasteiger partial charge in [0.05, 0.1) is 5.97 Å². The molecule has 0 amide bonds. The van der Waals surface area contributed by atoms with Gasteiger partial charge in [-0.3, -0.25) is 0 Å². The average molecular weight is 186 g/mol. The van der Waals surface area contributed by atoms with Gasteiger partial charge in [-0.15, -0.1) is 0 Å². The first-order chi connectivity index (χ1) is 5.68. The van der Waals surface area contributed by atoms with Crippen LogP contribution in [0.3, 0.4) is 0 Å². The maximum atomic E-state index is 10.00. The number of carbonyl (C=O) groups excluding carboxylic acids is 1. The standard InChI is InChI=1S/C9H8O3.Na/c10-8-3-1-2-7(6-8)4-5-9(11)12;/h1-6,10H,(H,11,12);/q;+1/p-1. The van der Waals surface area contributed by atoms with Crippen molar-refractivity contribution in [3.63, 3.8) is 0 Å². The first-order valence-corrected chi connectivity index (χ1v) is 3.36. The molecule has 13 heavy (non-hydrogen) atoms. The third kappa shape index (κ3) is 4.72. The van der Waals surface area contributed by atoms with Crippen molar-refractivity contribution in [2.24, 2.45) is 0 Å². The number of rotatable bonds is 2. The first-order valence-electron chi connectivity index (χ1n) is 3.36. The van der Waals surface area contributed by atoms with Gasteiger partial charge in [-0.1, -0.05) is 18.2 Å². The molecule has 0 aliphatic heterocycles. The number of phenolic OH excluding ortho intramolecular Hbond substituents is 1. The number of aromatic hydroxyl groups is 1. The van der Waals surface area contributed by atoms with Gasteiger partial charge in [-0.2, -0.15) is 0 Å². The van der Waals surface area contributed by atoms with Gasteiger partial charge in [-0.25, -0.2) is 0 Å². The second-order valence-electron chi connectivity index (χ2n) is 2.25. The van der Waals surface area contributed by atoms with Gasteiger partial charge in [-0.05, 0) is 23.8 Å². The van der Waals surface area contributed by atoms with Crippen molar-refractivity contribution in [2.45, 2.75) is 0 Å². The van der Waals surface area contributed by atoms with Crippen LogP contribution in [0.4, 0.5) is 0 Å². The average Bonchev–Trinajstić information content (AvgIpc) is 2.01. The summed E-state index contributed by atoms with van der Waals surface area (Å²) in [5.41, 5.74) is 0.624. The van der Waals surface area contributed by atoms with E-state index in [9.17, 15) is 9.90 Å². The molecule has 1 aromatic carbocycles. The summed E-state index contributed by atoms with van der Waals surface area (Å²) in [5, 5.41) is 19.0. The molecule has 0 heterocycles. The van der Waals surface area contributed by atoms with E-state index in [1.165, 1.54) is 18.2 Å². The topological polar surface area (TPSA) is 60.4 Å². The molecule has 0 fully saturated rings. The summed E-state index contributed by atoms with van der Waals surface area (Å²) >= 11 is 0. The predicted octanol–water partition coefficient (Wildman–Crippen LogP) is -2.84. The van der Waals surface area contributed by atoms with Crippen molar-refractivity contribution >= 4 is 12.0 Å². The van der Waals surface area contributed by atoms with Crippen molar-refractivity contribution in [3.8, 4) is 5.75 Å². The Balaban J connectivity index is 0.00000144. The molecule has 0 atom stereocenters. The number of carboxylic acid groups (broad SMARTS) is 1. The zero-order chi connectivity index (χ0) is 8.97. The van der Waals surface area contributed by atoms with Gasteiger partial charge in [0, 0.05) is 0 Å². The van der Waals surface area contributed by atoms with Gasteiger partial charge >= 0.3 is 29.6 Å². The fourth-order valence-corrected chi connectivity index (χ4v) is 0.793. The molecular formula is C9H7NaO3. The largest absolute Gasteiger partial charge is 1.00 e. The van der Waals surface area contributed by atoms with Crippen molar-refractivity contribution in [3.05, 3.63) is 35.9 Å². The smallest absolute Gasteiger partial charge is 0.545 e. The third-order valence-corrected chi connectivity index (χ3v) is 1.28. The van der Waals surface area contributed by atoms with Gasteiger partial charge in [0.15, 0.2) is 0 Å². The summed E-state index contributed by atoms with van der Waals surface area (Å²) in [5.74, 6) is -1.14. The Morgan fingerprint density at radius 3 is 2.69 bits per heavy atom. The molecule has 3 nitrogen and oxygen atoms in total. The molecule has 1 N–H and O–H groups in total. The van der Waals surface area contributed by atoms with E-state index in [0.717, 1.165) is 6.08 Å². The molecule has 0 aromatic heterocycles. The SMILES string of the molecule is O=C([O-])C=Cc1cccc(O)c1.[Na+]. The van der Waals surface area contributed by atoms with E-state index in [2.05, 4.69) is 0 Å². The van der Waals surface area contributed by atoms with E-state index in [1.807, 2.05) is 0 Å². The monoisotopic (exact) mass is 186 g/mol. The van der Waals surface area contributed by atoms with Crippen LogP contribution in [0.25, 0.3) is 6.08 Å². The second kappa shape index (κ2) is 5.80. The molecule has 1 rings (SSSR count). The van der Waals surface area contributed by atoms with Crippen LogP contribution in [0, 0.1) is 0 Å². The number of aliphatic carboxylic acids is 1. The third-order valence-electron chi connectivity index (χ3n) is 1.28. The van der Waals surface area contributed by atoms with Crippen LogP contribution in [0.5, 0.6) is 5.75 Å². The summed E-state index contributed by atoms with van der Waals surface area (Å²) in [6.07, 6.45) is 2.27. The Morgan fingerprint density at radius 1 is 1.46 bits per heavy atom. The number of hydrogen-bond acceptors (Lipinski definition) is 3. The van der Waals surface area contributed by atoms with Gasteiger partial charge in [0.1, 0.15) is 5.75 Å². The quantitative estimate of drug-likeness (QED) is 0.400. The number of hydrogen-bond donors (Lipinski definition) is 1. The van der Waals surface area contributed by atoms with Gasteiger partial charge in [0.25, 0.3) is 0 Å². The minimum atomic E-state index is -1.25. The molecular weight excluding hydrogens is 179 g/mol. The van der Waals surface area contributed by atoms with Crippen molar-refractivity contribution in [1.29, 1.82) is 0 Å². The molecule has 0 spiro atoms. The van der Waals surface area contributed by atoms with E-state index in [-0.39, 0.29) is 35.3 Å². The summed E-state index contributed by atoms with van der Waals surface area (Å²) in [6, 6.07) is 6.28. The Bertz CT molecular complexity index is 320. The molecule has 4 heteroatoms. The molecule has 1 aromatic rings.